The second-order valence-corrected chi connectivity index (χ2v) is 10.0. The zero-order valence-electron chi connectivity index (χ0n) is 20.5. The molecule has 3 aliphatic rings. The number of nitrogens with one attached hydrogen (secondary N) is 1. The number of anilines is 2. The minimum Gasteiger partial charge on any atom is -0.368 e. The third-order valence-corrected chi connectivity index (χ3v) is 7.33. The van der Waals surface area contributed by atoms with Crippen LogP contribution >= 0.6 is 0 Å². The second kappa shape index (κ2) is 9.80. The molecule has 2 aromatic rings. The van der Waals surface area contributed by atoms with Crippen LogP contribution in [0.2, 0.25) is 0 Å². The predicted molar refractivity (Wildman–Crippen MR) is 136 cm³/mol. The molecule has 182 valence electrons. The lowest BCUT2D eigenvalue weighted by atomic mass is 10.0. The molecule has 3 aliphatic heterocycles. The quantitative estimate of drug-likeness (QED) is 0.735. The van der Waals surface area contributed by atoms with Gasteiger partial charge in [-0.25, -0.2) is 4.79 Å². The normalized spacial score (nSPS) is 21.5. The summed E-state index contributed by atoms with van der Waals surface area (Å²) in [5.41, 5.74) is 4.92. The summed E-state index contributed by atoms with van der Waals surface area (Å²) in [5, 5.41) is 7.39. The van der Waals surface area contributed by atoms with Crippen molar-refractivity contribution in [2.24, 2.45) is 0 Å². The molecule has 8 heteroatoms. The number of aryl methyl sites for hydroxylation is 1. The molecule has 1 amide bonds. The number of hydrogen-bond donors (Lipinski definition) is 1. The van der Waals surface area contributed by atoms with Crippen LogP contribution in [0.15, 0.2) is 42.7 Å². The lowest BCUT2D eigenvalue weighted by Crippen LogP contribution is -2.51. The number of allylic oxidation sites excluding steroid dienone is 1. The highest BCUT2D eigenvalue weighted by molar-refractivity contribution is 5.76. The van der Waals surface area contributed by atoms with Gasteiger partial charge in [0.2, 0.25) is 0 Å². The first-order valence-electron chi connectivity index (χ1n) is 12.5. The molecule has 4 heterocycles. The highest BCUT2D eigenvalue weighted by atomic mass is 16.2. The van der Waals surface area contributed by atoms with Crippen LogP contribution in [-0.4, -0.2) is 88.9 Å². The van der Waals surface area contributed by atoms with E-state index in [1.165, 1.54) is 47.4 Å². The van der Waals surface area contributed by atoms with E-state index < -0.39 is 0 Å². The molecule has 8 nitrogen and oxygen atoms in total. The Morgan fingerprint density at radius 3 is 2.74 bits per heavy atom. The van der Waals surface area contributed by atoms with Crippen LogP contribution in [0.25, 0.3) is 0 Å². The minimum absolute atomic E-state index is 0.0696. The summed E-state index contributed by atoms with van der Waals surface area (Å²) in [6, 6.07) is 9.35. The number of amides is 1. The predicted octanol–water partition coefficient (Wildman–Crippen LogP) is 3.21. The minimum atomic E-state index is -0.0696. The Labute approximate surface area is 202 Å². The van der Waals surface area contributed by atoms with E-state index in [-0.39, 0.29) is 6.03 Å². The molecule has 34 heavy (non-hydrogen) atoms. The van der Waals surface area contributed by atoms with Gasteiger partial charge in [0.15, 0.2) is 5.82 Å². The lowest BCUT2D eigenvalue weighted by Gasteiger charge is -2.40. The van der Waals surface area contributed by atoms with Crippen LogP contribution in [0.3, 0.4) is 0 Å². The molecule has 1 N–H and O–H groups in total. The van der Waals surface area contributed by atoms with Gasteiger partial charge in [0.1, 0.15) is 0 Å². The van der Waals surface area contributed by atoms with Crippen LogP contribution < -0.4 is 10.2 Å². The van der Waals surface area contributed by atoms with Crippen molar-refractivity contribution >= 4 is 17.5 Å². The number of nitrogens with zero attached hydrogens (tertiary/aromatic N) is 6. The van der Waals surface area contributed by atoms with Gasteiger partial charge in [-0.3, -0.25) is 9.80 Å². The zero-order valence-corrected chi connectivity index (χ0v) is 20.5. The van der Waals surface area contributed by atoms with Gasteiger partial charge in [0.05, 0.1) is 0 Å². The fourth-order valence-corrected chi connectivity index (χ4v) is 5.51. The van der Waals surface area contributed by atoms with Crippen molar-refractivity contribution in [2.45, 2.75) is 39.3 Å². The largest absolute Gasteiger partial charge is 0.368 e. The molecule has 5 rings (SSSR count). The van der Waals surface area contributed by atoms with Gasteiger partial charge in [-0.15, -0.1) is 5.10 Å². The van der Waals surface area contributed by atoms with E-state index in [0.717, 1.165) is 38.4 Å². The zero-order chi connectivity index (χ0) is 23.7. The molecule has 1 aromatic carbocycles. The molecule has 1 aromatic heterocycles. The van der Waals surface area contributed by atoms with Gasteiger partial charge < -0.3 is 15.1 Å². The summed E-state index contributed by atoms with van der Waals surface area (Å²) in [4.78, 5) is 22.5. The third kappa shape index (κ3) is 4.98. The fourth-order valence-electron chi connectivity index (χ4n) is 5.51. The van der Waals surface area contributed by atoms with Crippen LogP contribution in [0.5, 0.6) is 0 Å². The first-order chi connectivity index (χ1) is 16.5. The highest BCUT2D eigenvalue weighted by Gasteiger charge is 2.31. The third-order valence-electron chi connectivity index (χ3n) is 7.33. The van der Waals surface area contributed by atoms with Crippen molar-refractivity contribution in [1.82, 2.24) is 24.5 Å². The first kappa shape index (κ1) is 22.9. The summed E-state index contributed by atoms with van der Waals surface area (Å²) in [6.45, 7) is 16.7. The molecule has 0 bridgehead atoms. The SMILES string of the molecule is C=C(C)Nc1ccn(C(=O)N2CCN(Cc3ccc(C)cc3N3CCN4CCC[C@H]4C3)CC2)n1. The maximum Gasteiger partial charge on any atom is 0.344 e. The van der Waals surface area contributed by atoms with E-state index in [1.807, 2.05) is 11.8 Å². The molecule has 0 saturated carbocycles. The molecule has 0 unspecified atom stereocenters. The van der Waals surface area contributed by atoms with Gasteiger partial charge in [0, 0.05) is 82.0 Å². The maximum absolute atomic E-state index is 12.9. The Balaban J connectivity index is 1.20. The van der Waals surface area contributed by atoms with E-state index in [1.54, 1.807) is 12.3 Å². The van der Waals surface area contributed by atoms with Crippen molar-refractivity contribution in [2.75, 3.05) is 62.6 Å². The average molecular weight is 464 g/mol. The maximum atomic E-state index is 12.9. The Hall–Kier alpha value is -2.84. The van der Waals surface area contributed by atoms with Crippen molar-refractivity contribution < 1.29 is 4.79 Å². The van der Waals surface area contributed by atoms with Crippen molar-refractivity contribution in [1.29, 1.82) is 0 Å². The molecule has 3 saturated heterocycles. The van der Waals surface area contributed by atoms with Crippen molar-refractivity contribution in [3.8, 4) is 0 Å². The van der Waals surface area contributed by atoms with E-state index in [0.29, 0.717) is 24.9 Å². The van der Waals surface area contributed by atoms with Gasteiger partial charge >= 0.3 is 6.03 Å². The smallest absolute Gasteiger partial charge is 0.344 e. The summed E-state index contributed by atoms with van der Waals surface area (Å²) >= 11 is 0. The number of aromatic nitrogens is 2. The number of benzene rings is 1. The van der Waals surface area contributed by atoms with Crippen molar-refractivity contribution in [3.05, 3.63) is 53.9 Å². The van der Waals surface area contributed by atoms with E-state index in [9.17, 15) is 4.79 Å². The average Bonchev–Trinajstić information content (AvgIpc) is 3.49. The topological polar surface area (TPSA) is 59.9 Å². The Bertz CT molecular complexity index is 1040. The summed E-state index contributed by atoms with van der Waals surface area (Å²) in [5.74, 6) is 0.643. The number of carbonyl (C=O) groups excluding carboxylic acids is 1. The first-order valence-corrected chi connectivity index (χ1v) is 12.5. The molecule has 1 atom stereocenters. The van der Waals surface area contributed by atoms with Crippen LogP contribution in [0, 0.1) is 6.92 Å². The number of piperazine rings is 2. The molecule has 0 radical (unpaired) electrons. The second-order valence-electron chi connectivity index (χ2n) is 10.0. The molecule has 0 aliphatic carbocycles. The number of carbonyl (C=O) groups is 1. The lowest BCUT2D eigenvalue weighted by molar-refractivity contribution is 0.134. The van der Waals surface area contributed by atoms with E-state index in [2.05, 4.69) is 56.8 Å². The Kier molecular flexibility index (Phi) is 6.61. The molecule has 0 spiro atoms. The summed E-state index contributed by atoms with van der Waals surface area (Å²) < 4.78 is 1.42. The van der Waals surface area contributed by atoms with Gasteiger partial charge in [-0.05, 0) is 50.4 Å². The Morgan fingerprint density at radius 2 is 1.94 bits per heavy atom. The molecule has 3 fully saturated rings. The highest BCUT2D eigenvalue weighted by Crippen LogP contribution is 2.29. The summed E-state index contributed by atoms with van der Waals surface area (Å²) in [7, 11) is 0. The standard InChI is InChI=1S/C26H37N7O/c1-20(2)27-25-8-10-33(28-25)26(34)31-13-11-29(12-14-31)18-22-7-6-21(3)17-24(22)32-16-15-30-9-4-5-23(30)19-32/h6-8,10,17,23H,1,4-5,9,11-16,18-19H2,2-3H3,(H,27,28)/t23-/m0/s1. The van der Waals surface area contributed by atoms with E-state index in [4.69, 9.17) is 0 Å². The molecular formula is C26H37N7O. The van der Waals surface area contributed by atoms with Crippen LogP contribution in [0.1, 0.15) is 30.9 Å². The van der Waals surface area contributed by atoms with Crippen LogP contribution in [-0.2, 0) is 6.54 Å². The fraction of sp³-hybridized carbons (Fsp3) is 0.538. The number of hydrogen-bond acceptors (Lipinski definition) is 6. The Morgan fingerprint density at radius 1 is 1.12 bits per heavy atom. The molecular weight excluding hydrogens is 426 g/mol. The van der Waals surface area contributed by atoms with Gasteiger partial charge in [-0.1, -0.05) is 18.7 Å². The summed E-state index contributed by atoms with van der Waals surface area (Å²) in [6.07, 6.45) is 4.38. The van der Waals surface area contributed by atoms with Crippen LogP contribution in [0.4, 0.5) is 16.3 Å². The number of rotatable bonds is 5. The van der Waals surface area contributed by atoms with E-state index >= 15 is 0 Å². The monoisotopic (exact) mass is 463 g/mol. The van der Waals surface area contributed by atoms with Crippen molar-refractivity contribution in [3.63, 3.8) is 0 Å². The number of fused-ring (bicyclic) bond motifs is 1. The van der Waals surface area contributed by atoms with Gasteiger partial charge in [0.25, 0.3) is 0 Å². The van der Waals surface area contributed by atoms with Gasteiger partial charge in [-0.2, -0.15) is 4.68 Å².